The summed E-state index contributed by atoms with van der Waals surface area (Å²) in [6.07, 6.45) is 3.47. The highest BCUT2D eigenvalue weighted by Gasteiger charge is 2.16. The predicted octanol–water partition coefficient (Wildman–Crippen LogP) is 2.60. The Bertz CT molecular complexity index is 386. The van der Waals surface area contributed by atoms with E-state index in [-0.39, 0.29) is 0 Å². The van der Waals surface area contributed by atoms with E-state index in [0.717, 1.165) is 5.56 Å². The summed E-state index contributed by atoms with van der Waals surface area (Å²) in [6, 6.07) is 9.92. The fourth-order valence-corrected chi connectivity index (χ4v) is 1.57. The van der Waals surface area contributed by atoms with E-state index in [1.54, 1.807) is 6.92 Å². The van der Waals surface area contributed by atoms with Gasteiger partial charge in [0.25, 0.3) is 0 Å². The highest BCUT2D eigenvalue weighted by Crippen LogP contribution is 2.02. The van der Waals surface area contributed by atoms with Crippen LogP contribution >= 0.6 is 0 Å². The predicted molar refractivity (Wildman–Crippen MR) is 74.0 cm³/mol. The molecule has 4 nitrogen and oxygen atoms in total. The summed E-state index contributed by atoms with van der Waals surface area (Å²) in [7, 11) is 0. The topological polar surface area (TPSA) is 55.8 Å². The van der Waals surface area contributed by atoms with Crippen molar-refractivity contribution in [1.82, 2.24) is 0 Å². The molecule has 1 unspecified atom stereocenters. The molecule has 19 heavy (non-hydrogen) atoms. The van der Waals surface area contributed by atoms with Crippen LogP contribution in [0.15, 0.2) is 36.4 Å². The fourth-order valence-electron chi connectivity index (χ4n) is 1.57. The summed E-state index contributed by atoms with van der Waals surface area (Å²) in [5.41, 5.74) is 1.11. The van der Waals surface area contributed by atoms with Gasteiger partial charge in [-0.25, -0.2) is 4.79 Å². The number of carbonyl (C=O) groups is 1. The standard InChI is InChI=1S/C15H20O4/c1-2-19-14(15(16)17)10-12-18-11-6-9-13-7-4-3-5-8-13/h3-9,14H,2,10-12H2,1H3,(H,16,17)/b9-6+. The summed E-state index contributed by atoms with van der Waals surface area (Å²) < 4.78 is 10.4. The minimum absolute atomic E-state index is 0.363. The maximum atomic E-state index is 10.8. The second-order valence-corrected chi connectivity index (χ2v) is 3.96. The van der Waals surface area contributed by atoms with Gasteiger partial charge < -0.3 is 14.6 Å². The third-order valence-corrected chi connectivity index (χ3v) is 2.49. The molecular formula is C15H20O4. The Kier molecular flexibility index (Phi) is 7.54. The molecule has 104 valence electrons. The van der Waals surface area contributed by atoms with Crippen LogP contribution in [0.2, 0.25) is 0 Å². The van der Waals surface area contributed by atoms with Crippen LogP contribution in [-0.4, -0.2) is 37.0 Å². The average molecular weight is 264 g/mol. The lowest BCUT2D eigenvalue weighted by molar-refractivity contribution is -0.151. The van der Waals surface area contributed by atoms with Gasteiger partial charge in [0.1, 0.15) is 0 Å². The van der Waals surface area contributed by atoms with Gasteiger partial charge in [0.05, 0.1) is 13.2 Å². The summed E-state index contributed by atoms with van der Waals surface area (Å²) in [5.74, 6) is -0.940. The molecule has 0 saturated carbocycles. The number of ether oxygens (including phenoxy) is 2. The molecule has 0 aliphatic rings. The maximum absolute atomic E-state index is 10.8. The highest BCUT2D eigenvalue weighted by atomic mass is 16.5. The molecule has 0 amide bonds. The van der Waals surface area contributed by atoms with E-state index in [4.69, 9.17) is 14.6 Å². The van der Waals surface area contributed by atoms with Crippen LogP contribution in [0.3, 0.4) is 0 Å². The molecule has 1 atom stereocenters. The van der Waals surface area contributed by atoms with Crippen molar-refractivity contribution in [3.8, 4) is 0 Å². The molecule has 0 heterocycles. The second-order valence-electron chi connectivity index (χ2n) is 3.96. The van der Waals surface area contributed by atoms with E-state index >= 15 is 0 Å². The first-order valence-corrected chi connectivity index (χ1v) is 6.37. The smallest absolute Gasteiger partial charge is 0.332 e. The molecule has 0 aliphatic carbocycles. The third kappa shape index (κ3) is 6.74. The lowest BCUT2D eigenvalue weighted by Gasteiger charge is -2.11. The number of carboxylic acids is 1. The lowest BCUT2D eigenvalue weighted by Crippen LogP contribution is -2.25. The van der Waals surface area contributed by atoms with E-state index in [0.29, 0.717) is 26.2 Å². The van der Waals surface area contributed by atoms with Gasteiger partial charge >= 0.3 is 5.97 Å². The quantitative estimate of drug-likeness (QED) is 0.696. The largest absolute Gasteiger partial charge is 0.479 e. The zero-order valence-electron chi connectivity index (χ0n) is 11.1. The number of hydrogen-bond acceptors (Lipinski definition) is 3. The molecule has 0 bridgehead atoms. The highest BCUT2D eigenvalue weighted by molar-refractivity contribution is 5.72. The first-order valence-electron chi connectivity index (χ1n) is 6.37. The molecule has 1 aromatic rings. The zero-order valence-corrected chi connectivity index (χ0v) is 11.1. The van der Waals surface area contributed by atoms with Crippen LogP contribution in [0.25, 0.3) is 6.08 Å². The van der Waals surface area contributed by atoms with Crippen LogP contribution in [0, 0.1) is 0 Å². The van der Waals surface area contributed by atoms with Crippen LogP contribution < -0.4 is 0 Å². The Balaban J connectivity index is 2.17. The molecule has 0 radical (unpaired) electrons. The molecular weight excluding hydrogens is 244 g/mol. The Morgan fingerprint density at radius 3 is 2.74 bits per heavy atom. The van der Waals surface area contributed by atoms with Crippen molar-refractivity contribution in [1.29, 1.82) is 0 Å². The van der Waals surface area contributed by atoms with Crippen molar-refractivity contribution in [3.63, 3.8) is 0 Å². The minimum atomic E-state index is -0.940. The Morgan fingerprint density at radius 2 is 2.11 bits per heavy atom. The van der Waals surface area contributed by atoms with Crippen molar-refractivity contribution in [3.05, 3.63) is 42.0 Å². The average Bonchev–Trinajstić information content (AvgIpc) is 2.42. The summed E-state index contributed by atoms with van der Waals surface area (Å²) in [4.78, 5) is 10.8. The minimum Gasteiger partial charge on any atom is -0.479 e. The van der Waals surface area contributed by atoms with Gasteiger partial charge in [-0.3, -0.25) is 0 Å². The van der Waals surface area contributed by atoms with Gasteiger partial charge in [0.15, 0.2) is 6.10 Å². The van der Waals surface area contributed by atoms with Gasteiger partial charge in [0.2, 0.25) is 0 Å². The third-order valence-electron chi connectivity index (χ3n) is 2.49. The molecule has 0 saturated heterocycles. The summed E-state index contributed by atoms with van der Waals surface area (Å²) in [6.45, 7) is 3.01. The summed E-state index contributed by atoms with van der Waals surface area (Å²) in [5, 5.41) is 8.86. The molecule has 0 aliphatic heterocycles. The van der Waals surface area contributed by atoms with Crippen LogP contribution in [0.1, 0.15) is 18.9 Å². The van der Waals surface area contributed by atoms with Crippen LogP contribution in [0.4, 0.5) is 0 Å². The van der Waals surface area contributed by atoms with Gasteiger partial charge in [-0.05, 0) is 12.5 Å². The van der Waals surface area contributed by atoms with Gasteiger partial charge in [-0.2, -0.15) is 0 Å². The Labute approximate surface area is 113 Å². The summed E-state index contributed by atoms with van der Waals surface area (Å²) >= 11 is 0. The number of aliphatic carboxylic acids is 1. The maximum Gasteiger partial charge on any atom is 0.332 e. The van der Waals surface area contributed by atoms with Crippen LogP contribution in [0.5, 0.6) is 0 Å². The fraction of sp³-hybridized carbons (Fsp3) is 0.400. The van der Waals surface area contributed by atoms with E-state index in [1.807, 2.05) is 42.5 Å². The molecule has 1 rings (SSSR count). The Morgan fingerprint density at radius 1 is 1.37 bits per heavy atom. The van der Waals surface area contributed by atoms with Crippen LogP contribution in [-0.2, 0) is 14.3 Å². The van der Waals surface area contributed by atoms with E-state index in [9.17, 15) is 4.79 Å². The molecule has 1 N–H and O–H groups in total. The molecule has 0 spiro atoms. The van der Waals surface area contributed by atoms with Crippen molar-refractivity contribution in [2.75, 3.05) is 19.8 Å². The normalized spacial score (nSPS) is 12.7. The van der Waals surface area contributed by atoms with E-state index in [1.165, 1.54) is 0 Å². The molecule has 1 aromatic carbocycles. The molecule has 4 heteroatoms. The van der Waals surface area contributed by atoms with E-state index < -0.39 is 12.1 Å². The van der Waals surface area contributed by atoms with Gasteiger partial charge in [-0.15, -0.1) is 0 Å². The zero-order chi connectivity index (χ0) is 13.9. The lowest BCUT2D eigenvalue weighted by atomic mass is 10.2. The van der Waals surface area contributed by atoms with Crippen molar-refractivity contribution in [2.45, 2.75) is 19.4 Å². The monoisotopic (exact) mass is 264 g/mol. The van der Waals surface area contributed by atoms with Crippen molar-refractivity contribution < 1.29 is 19.4 Å². The second kappa shape index (κ2) is 9.30. The first-order chi connectivity index (χ1) is 9.24. The number of hydrogen-bond donors (Lipinski definition) is 1. The molecule has 0 aromatic heterocycles. The van der Waals surface area contributed by atoms with Crippen molar-refractivity contribution >= 4 is 12.0 Å². The Hall–Kier alpha value is -1.65. The number of carboxylic acid groups (broad SMARTS) is 1. The van der Waals surface area contributed by atoms with Crippen molar-refractivity contribution in [2.24, 2.45) is 0 Å². The van der Waals surface area contributed by atoms with Gasteiger partial charge in [0, 0.05) is 13.0 Å². The van der Waals surface area contributed by atoms with E-state index in [2.05, 4.69) is 0 Å². The first kappa shape index (κ1) is 15.4. The molecule has 0 fully saturated rings. The van der Waals surface area contributed by atoms with Gasteiger partial charge in [-0.1, -0.05) is 42.5 Å². The number of benzene rings is 1. The number of rotatable bonds is 9. The SMILES string of the molecule is CCOC(CCOC/C=C/c1ccccc1)C(=O)O.